The van der Waals surface area contributed by atoms with Gasteiger partial charge in [-0.3, -0.25) is 4.79 Å². The van der Waals surface area contributed by atoms with Crippen LogP contribution in [0, 0.1) is 0 Å². The van der Waals surface area contributed by atoms with E-state index in [0.717, 1.165) is 0 Å². The molecule has 0 bridgehead atoms. The minimum Gasteiger partial charge on any atom is -0.480 e. The molecule has 0 aliphatic rings. The van der Waals surface area contributed by atoms with Crippen molar-refractivity contribution in [2.75, 3.05) is 27.4 Å². The Balaban J connectivity index is 4.06. The standard InChI is InChI=1S/C10H18N2O6/c1-17-6-5-11-10(16)12-7(9(14)15)3-4-8(13)18-2/h7H,3-6H2,1-2H3,(H,14,15)(H2,11,12,16)/t7-/m1/s1. The summed E-state index contributed by atoms with van der Waals surface area (Å²) in [6, 6.07) is -1.75. The van der Waals surface area contributed by atoms with Crippen molar-refractivity contribution in [1.82, 2.24) is 10.6 Å². The van der Waals surface area contributed by atoms with Crippen LogP contribution in [0.1, 0.15) is 12.8 Å². The first-order valence-corrected chi connectivity index (χ1v) is 5.34. The summed E-state index contributed by atoms with van der Waals surface area (Å²) < 4.78 is 9.11. The van der Waals surface area contributed by atoms with Crippen LogP contribution in [0.25, 0.3) is 0 Å². The predicted molar refractivity (Wildman–Crippen MR) is 61.1 cm³/mol. The van der Waals surface area contributed by atoms with E-state index in [0.29, 0.717) is 6.61 Å². The van der Waals surface area contributed by atoms with Crippen LogP contribution in [0.4, 0.5) is 4.79 Å². The van der Waals surface area contributed by atoms with E-state index in [1.807, 2.05) is 0 Å². The van der Waals surface area contributed by atoms with Crippen molar-refractivity contribution in [3.05, 3.63) is 0 Å². The van der Waals surface area contributed by atoms with E-state index < -0.39 is 24.0 Å². The number of carbonyl (C=O) groups is 3. The summed E-state index contributed by atoms with van der Waals surface area (Å²) >= 11 is 0. The summed E-state index contributed by atoms with van der Waals surface area (Å²) in [6.07, 6.45) is -0.106. The second-order valence-corrected chi connectivity index (χ2v) is 3.40. The first-order chi connectivity index (χ1) is 8.51. The van der Waals surface area contributed by atoms with E-state index in [-0.39, 0.29) is 19.4 Å². The monoisotopic (exact) mass is 262 g/mol. The van der Waals surface area contributed by atoms with Crippen LogP contribution in [0.2, 0.25) is 0 Å². The maximum atomic E-state index is 11.3. The third-order valence-corrected chi connectivity index (χ3v) is 2.06. The molecule has 0 rings (SSSR count). The lowest BCUT2D eigenvalue weighted by Gasteiger charge is -2.14. The summed E-state index contributed by atoms with van der Waals surface area (Å²) in [5.74, 6) is -1.73. The maximum Gasteiger partial charge on any atom is 0.326 e. The fourth-order valence-corrected chi connectivity index (χ4v) is 1.10. The lowest BCUT2D eigenvalue weighted by atomic mass is 10.1. The van der Waals surface area contributed by atoms with Crippen LogP contribution in [0.3, 0.4) is 0 Å². The molecule has 3 N–H and O–H groups in total. The van der Waals surface area contributed by atoms with Gasteiger partial charge in [0.05, 0.1) is 13.7 Å². The van der Waals surface area contributed by atoms with E-state index in [4.69, 9.17) is 9.84 Å². The normalized spacial score (nSPS) is 11.4. The molecule has 0 aliphatic heterocycles. The third-order valence-electron chi connectivity index (χ3n) is 2.06. The molecule has 104 valence electrons. The van der Waals surface area contributed by atoms with E-state index >= 15 is 0 Å². The minimum atomic E-state index is -1.21. The zero-order valence-corrected chi connectivity index (χ0v) is 10.4. The summed E-state index contributed by atoms with van der Waals surface area (Å²) in [6.45, 7) is 0.596. The zero-order chi connectivity index (χ0) is 14.0. The topological polar surface area (TPSA) is 114 Å². The maximum absolute atomic E-state index is 11.3. The first kappa shape index (κ1) is 16.2. The second kappa shape index (κ2) is 9.23. The van der Waals surface area contributed by atoms with Crippen molar-refractivity contribution in [3.63, 3.8) is 0 Å². The average molecular weight is 262 g/mol. The molecule has 0 saturated heterocycles. The van der Waals surface area contributed by atoms with Gasteiger partial charge in [-0.1, -0.05) is 0 Å². The number of esters is 1. The number of carboxylic acids is 1. The highest BCUT2D eigenvalue weighted by Crippen LogP contribution is 1.99. The Morgan fingerprint density at radius 1 is 1.28 bits per heavy atom. The molecule has 0 spiro atoms. The van der Waals surface area contributed by atoms with E-state index in [2.05, 4.69) is 15.4 Å². The highest BCUT2D eigenvalue weighted by molar-refractivity contribution is 5.83. The molecule has 0 fully saturated rings. The molecule has 1 atom stereocenters. The Morgan fingerprint density at radius 3 is 2.44 bits per heavy atom. The molecule has 0 aromatic rings. The average Bonchev–Trinajstić information content (AvgIpc) is 2.33. The molecular weight excluding hydrogens is 244 g/mol. The van der Waals surface area contributed by atoms with Gasteiger partial charge < -0.3 is 25.2 Å². The SMILES string of the molecule is COCCNC(=O)N[C@H](CCC(=O)OC)C(=O)O. The quantitative estimate of drug-likeness (QED) is 0.395. The molecule has 0 heterocycles. The molecule has 8 heteroatoms. The van der Waals surface area contributed by atoms with Crippen LogP contribution < -0.4 is 10.6 Å². The highest BCUT2D eigenvalue weighted by atomic mass is 16.5. The number of aliphatic carboxylic acids is 1. The number of amides is 2. The Bertz CT molecular complexity index is 294. The van der Waals surface area contributed by atoms with Gasteiger partial charge in [0.1, 0.15) is 6.04 Å². The Morgan fingerprint density at radius 2 is 1.94 bits per heavy atom. The summed E-state index contributed by atoms with van der Waals surface area (Å²) in [5, 5.41) is 13.5. The summed E-state index contributed by atoms with van der Waals surface area (Å²) in [7, 11) is 2.69. The number of urea groups is 1. The van der Waals surface area contributed by atoms with Crippen molar-refractivity contribution < 1.29 is 29.0 Å². The van der Waals surface area contributed by atoms with Crippen molar-refractivity contribution in [2.24, 2.45) is 0 Å². The number of hydrogen-bond donors (Lipinski definition) is 3. The van der Waals surface area contributed by atoms with Gasteiger partial charge in [-0.25, -0.2) is 9.59 Å². The first-order valence-electron chi connectivity index (χ1n) is 5.34. The largest absolute Gasteiger partial charge is 0.480 e. The fraction of sp³-hybridized carbons (Fsp3) is 0.700. The van der Waals surface area contributed by atoms with Gasteiger partial charge in [-0.2, -0.15) is 0 Å². The number of hydrogen-bond acceptors (Lipinski definition) is 5. The van der Waals surface area contributed by atoms with Crippen molar-refractivity contribution in [2.45, 2.75) is 18.9 Å². The van der Waals surface area contributed by atoms with E-state index in [9.17, 15) is 14.4 Å². The number of methoxy groups -OCH3 is 2. The smallest absolute Gasteiger partial charge is 0.326 e. The number of nitrogens with one attached hydrogen (secondary N) is 2. The van der Waals surface area contributed by atoms with Gasteiger partial charge in [-0.05, 0) is 6.42 Å². The van der Waals surface area contributed by atoms with Gasteiger partial charge in [0, 0.05) is 20.1 Å². The van der Waals surface area contributed by atoms with E-state index in [1.54, 1.807) is 0 Å². The molecule has 0 aliphatic carbocycles. The van der Waals surface area contributed by atoms with Crippen LogP contribution in [0.15, 0.2) is 0 Å². The molecule has 0 aromatic carbocycles. The van der Waals surface area contributed by atoms with Gasteiger partial charge in [0.25, 0.3) is 0 Å². The Labute approximate surface area is 105 Å². The molecule has 0 radical (unpaired) electrons. The summed E-state index contributed by atoms with van der Waals surface area (Å²) in [5.41, 5.74) is 0. The van der Waals surface area contributed by atoms with Crippen LogP contribution in [-0.2, 0) is 19.1 Å². The number of ether oxygens (including phenoxy) is 2. The molecule has 0 unspecified atom stereocenters. The second-order valence-electron chi connectivity index (χ2n) is 3.40. The van der Waals surface area contributed by atoms with E-state index in [1.165, 1.54) is 14.2 Å². The zero-order valence-electron chi connectivity index (χ0n) is 10.4. The third kappa shape index (κ3) is 7.44. The molecular formula is C10H18N2O6. The number of carbonyl (C=O) groups excluding carboxylic acids is 2. The molecule has 18 heavy (non-hydrogen) atoms. The van der Waals surface area contributed by atoms with Crippen LogP contribution >= 0.6 is 0 Å². The Kier molecular flexibility index (Phi) is 8.29. The lowest BCUT2D eigenvalue weighted by molar-refractivity contribution is -0.142. The molecule has 0 aromatic heterocycles. The van der Waals surface area contributed by atoms with Crippen molar-refractivity contribution >= 4 is 18.0 Å². The predicted octanol–water partition coefficient (Wildman–Crippen LogP) is -0.662. The summed E-state index contributed by atoms with van der Waals surface area (Å²) in [4.78, 5) is 33.0. The van der Waals surface area contributed by atoms with Crippen molar-refractivity contribution in [3.8, 4) is 0 Å². The lowest BCUT2D eigenvalue weighted by Crippen LogP contribution is -2.46. The molecule has 2 amide bonds. The Hall–Kier alpha value is -1.83. The van der Waals surface area contributed by atoms with Crippen LogP contribution in [0.5, 0.6) is 0 Å². The number of rotatable bonds is 8. The van der Waals surface area contributed by atoms with Gasteiger partial charge in [0.15, 0.2) is 0 Å². The highest BCUT2D eigenvalue weighted by Gasteiger charge is 2.20. The van der Waals surface area contributed by atoms with Gasteiger partial charge in [-0.15, -0.1) is 0 Å². The van der Waals surface area contributed by atoms with Gasteiger partial charge >= 0.3 is 18.0 Å². The van der Waals surface area contributed by atoms with Crippen LogP contribution in [-0.4, -0.2) is 56.5 Å². The van der Waals surface area contributed by atoms with Crippen molar-refractivity contribution in [1.29, 1.82) is 0 Å². The molecule has 8 nitrogen and oxygen atoms in total. The molecule has 0 saturated carbocycles. The van der Waals surface area contributed by atoms with Gasteiger partial charge in [0.2, 0.25) is 0 Å². The fourth-order valence-electron chi connectivity index (χ4n) is 1.10. The number of carboxylic acid groups (broad SMARTS) is 1. The minimum absolute atomic E-state index is 0.0281.